The maximum atomic E-state index is 11.9. The highest BCUT2D eigenvalue weighted by atomic mass is 35.5. The Morgan fingerprint density at radius 2 is 1.88 bits per heavy atom. The lowest BCUT2D eigenvalue weighted by Crippen LogP contribution is -2.08. The lowest BCUT2D eigenvalue weighted by atomic mass is 10.0. The molecule has 0 aliphatic carbocycles. The van der Waals surface area contributed by atoms with Gasteiger partial charge in [-0.2, -0.15) is 0 Å². The normalized spacial score (nSPS) is 11.0. The molecule has 124 valence electrons. The predicted octanol–water partition coefficient (Wildman–Crippen LogP) is 5.02. The van der Waals surface area contributed by atoms with Gasteiger partial charge >= 0.3 is 0 Å². The summed E-state index contributed by atoms with van der Waals surface area (Å²) in [6, 6.07) is 12.0. The molecule has 1 amide bonds. The van der Waals surface area contributed by atoms with Gasteiger partial charge in [0, 0.05) is 17.8 Å². The van der Waals surface area contributed by atoms with E-state index in [4.69, 9.17) is 11.6 Å². The third-order valence-electron chi connectivity index (χ3n) is 3.44. The van der Waals surface area contributed by atoms with E-state index in [0.717, 1.165) is 5.56 Å². The molecule has 0 aliphatic rings. The van der Waals surface area contributed by atoms with E-state index in [1.165, 1.54) is 29.8 Å². The van der Waals surface area contributed by atoms with Crippen LogP contribution in [0.5, 0.6) is 0 Å². The van der Waals surface area contributed by atoms with Crippen LogP contribution < -0.4 is 5.32 Å². The standard InChI is InChI=1S/C18H17ClN2O3/c1-12(2)14-6-3-13(4-7-14)5-10-18(22)20-15-8-9-16(19)17(11-15)21(23)24/h3-12H,1-2H3,(H,20,22)/b10-5+. The molecule has 5 nitrogen and oxygen atoms in total. The summed E-state index contributed by atoms with van der Waals surface area (Å²) >= 11 is 5.74. The van der Waals surface area contributed by atoms with E-state index in [1.807, 2.05) is 24.3 Å². The van der Waals surface area contributed by atoms with E-state index in [-0.39, 0.29) is 16.6 Å². The third kappa shape index (κ3) is 4.67. The van der Waals surface area contributed by atoms with E-state index in [0.29, 0.717) is 11.6 Å². The van der Waals surface area contributed by atoms with Gasteiger partial charge in [-0.15, -0.1) is 0 Å². The van der Waals surface area contributed by atoms with Crippen LogP contribution in [0.3, 0.4) is 0 Å². The van der Waals surface area contributed by atoms with Crippen molar-refractivity contribution >= 4 is 35.0 Å². The minimum absolute atomic E-state index is 0.0267. The van der Waals surface area contributed by atoms with E-state index >= 15 is 0 Å². The van der Waals surface area contributed by atoms with Crippen molar-refractivity contribution in [2.75, 3.05) is 5.32 Å². The van der Waals surface area contributed by atoms with Crippen molar-refractivity contribution in [3.8, 4) is 0 Å². The summed E-state index contributed by atoms with van der Waals surface area (Å²) in [6.07, 6.45) is 3.06. The smallest absolute Gasteiger partial charge is 0.289 e. The van der Waals surface area contributed by atoms with E-state index < -0.39 is 4.92 Å². The number of carbonyl (C=O) groups is 1. The van der Waals surface area contributed by atoms with Crippen LogP contribution in [0.25, 0.3) is 6.08 Å². The second-order valence-corrected chi connectivity index (χ2v) is 5.97. The van der Waals surface area contributed by atoms with E-state index in [9.17, 15) is 14.9 Å². The number of nitrogens with one attached hydrogen (secondary N) is 1. The average molecular weight is 345 g/mol. The molecule has 0 saturated heterocycles. The molecular weight excluding hydrogens is 328 g/mol. The highest BCUT2D eigenvalue weighted by Crippen LogP contribution is 2.27. The van der Waals surface area contributed by atoms with Gasteiger partial charge in [-0.25, -0.2) is 0 Å². The number of hydrogen-bond donors (Lipinski definition) is 1. The Hall–Kier alpha value is -2.66. The fourth-order valence-corrected chi connectivity index (χ4v) is 2.26. The van der Waals surface area contributed by atoms with Gasteiger partial charge in [-0.05, 0) is 35.3 Å². The molecule has 0 saturated carbocycles. The first-order chi connectivity index (χ1) is 11.4. The van der Waals surface area contributed by atoms with Crippen LogP contribution in [0.15, 0.2) is 48.5 Å². The molecule has 2 aromatic carbocycles. The number of nitrogens with zero attached hydrogens (tertiary/aromatic N) is 1. The zero-order valence-corrected chi connectivity index (χ0v) is 14.1. The summed E-state index contributed by atoms with van der Waals surface area (Å²) in [4.78, 5) is 22.2. The van der Waals surface area contributed by atoms with Crippen LogP contribution in [0.1, 0.15) is 30.9 Å². The van der Waals surface area contributed by atoms with Crippen molar-refractivity contribution in [3.05, 3.63) is 74.8 Å². The largest absolute Gasteiger partial charge is 0.322 e. The lowest BCUT2D eigenvalue weighted by molar-refractivity contribution is -0.384. The average Bonchev–Trinajstić information content (AvgIpc) is 2.55. The quantitative estimate of drug-likeness (QED) is 0.470. The number of benzene rings is 2. The van der Waals surface area contributed by atoms with Crippen LogP contribution in [-0.4, -0.2) is 10.8 Å². The fraction of sp³-hybridized carbons (Fsp3) is 0.167. The molecule has 0 heterocycles. The summed E-state index contributed by atoms with van der Waals surface area (Å²) in [7, 11) is 0. The molecule has 6 heteroatoms. The van der Waals surface area contributed by atoms with Gasteiger partial charge in [0.1, 0.15) is 5.02 Å². The third-order valence-corrected chi connectivity index (χ3v) is 3.76. The number of halogens is 1. The van der Waals surface area contributed by atoms with Crippen molar-refractivity contribution < 1.29 is 9.72 Å². The Kier molecular flexibility index (Phi) is 5.71. The summed E-state index contributed by atoms with van der Waals surface area (Å²) < 4.78 is 0. The molecule has 2 rings (SSSR count). The Morgan fingerprint density at radius 1 is 1.21 bits per heavy atom. The van der Waals surface area contributed by atoms with Gasteiger partial charge in [-0.3, -0.25) is 14.9 Å². The first-order valence-electron chi connectivity index (χ1n) is 7.40. The highest BCUT2D eigenvalue weighted by molar-refractivity contribution is 6.32. The maximum absolute atomic E-state index is 11.9. The van der Waals surface area contributed by atoms with Gasteiger partial charge in [0.25, 0.3) is 5.69 Å². The highest BCUT2D eigenvalue weighted by Gasteiger charge is 2.13. The minimum atomic E-state index is -0.593. The number of nitro benzene ring substituents is 1. The molecule has 1 N–H and O–H groups in total. The summed E-state index contributed by atoms with van der Waals surface area (Å²) in [6.45, 7) is 4.23. The molecule has 0 fully saturated rings. The first-order valence-corrected chi connectivity index (χ1v) is 7.77. The zero-order chi connectivity index (χ0) is 17.7. The van der Waals surface area contributed by atoms with Crippen molar-refractivity contribution in [2.24, 2.45) is 0 Å². The molecule has 0 aliphatic heterocycles. The number of amides is 1. The van der Waals surface area contributed by atoms with Crippen molar-refractivity contribution in [2.45, 2.75) is 19.8 Å². The van der Waals surface area contributed by atoms with Crippen LogP contribution >= 0.6 is 11.6 Å². The minimum Gasteiger partial charge on any atom is -0.322 e. The topological polar surface area (TPSA) is 72.2 Å². The Balaban J connectivity index is 2.05. The molecule has 0 radical (unpaired) electrons. The van der Waals surface area contributed by atoms with Gasteiger partial charge in [-0.1, -0.05) is 49.7 Å². The molecule has 2 aromatic rings. The second-order valence-electron chi connectivity index (χ2n) is 5.57. The van der Waals surface area contributed by atoms with Crippen molar-refractivity contribution in [3.63, 3.8) is 0 Å². The van der Waals surface area contributed by atoms with Crippen molar-refractivity contribution in [1.29, 1.82) is 0 Å². The number of hydrogen-bond acceptors (Lipinski definition) is 3. The Bertz CT molecular complexity index is 783. The SMILES string of the molecule is CC(C)c1ccc(/C=C/C(=O)Nc2ccc(Cl)c([N+](=O)[O-])c2)cc1. The summed E-state index contributed by atoms with van der Waals surface area (Å²) in [5, 5.41) is 13.4. The number of rotatable bonds is 5. The first kappa shape index (κ1) is 17.7. The zero-order valence-electron chi connectivity index (χ0n) is 13.3. The fourth-order valence-electron chi connectivity index (χ4n) is 2.08. The predicted molar refractivity (Wildman–Crippen MR) is 96.3 cm³/mol. The Morgan fingerprint density at radius 3 is 2.46 bits per heavy atom. The summed E-state index contributed by atoms with van der Waals surface area (Å²) in [5.74, 6) is 0.0755. The number of nitro groups is 1. The molecule has 0 atom stereocenters. The maximum Gasteiger partial charge on any atom is 0.289 e. The van der Waals surface area contributed by atoms with E-state index in [1.54, 1.807) is 6.08 Å². The van der Waals surface area contributed by atoms with Gasteiger partial charge in [0.15, 0.2) is 0 Å². The molecule has 24 heavy (non-hydrogen) atoms. The monoisotopic (exact) mass is 344 g/mol. The molecule has 0 spiro atoms. The molecule has 0 bridgehead atoms. The van der Waals surface area contributed by atoms with Gasteiger partial charge in [0.05, 0.1) is 4.92 Å². The van der Waals surface area contributed by atoms with E-state index in [2.05, 4.69) is 19.2 Å². The molecular formula is C18H17ClN2O3. The van der Waals surface area contributed by atoms with Gasteiger partial charge in [0.2, 0.25) is 5.91 Å². The molecule has 0 aromatic heterocycles. The van der Waals surface area contributed by atoms with Crippen LogP contribution in [0, 0.1) is 10.1 Å². The van der Waals surface area contributed by atoms with Crippen LogP contribution in [0.4, 0.5) is 11.4 Å². The van der Waals surface area contributed by atoms with Gasteiger partial charge < -0.3 is 5.32 Å². The number of anilines is 1. The van der Waals surface area contributed by atoms with Crippen LogP contribution in [0.2, 0.25) is 5.02 Å². The van der Waals surface area contributed by atoms with Crippen molar-refractivity contribution in [1.82, 2.24) is 0 Å². The number of carbonyl (C=O) groups excluding carboxylic acids is 1. The second kappa shape index (κ2) is 7.75. The summed E-state index contributed by atoms with van der Waals surface area (Å²) in [5.41, 5.74) is 2.19. The lowest BCUT2D eigenvalue weighted by Gasteiger charge is -2.05. The Labute approximate surface area is 145 Å². The van der Waals surface area contributed by atoms with Crippen LogP contribution in [-0.2, 0) is 4.79 Å². The molecule has 0 unspecified atom stereocenters.